The molecule has 4 aliphatic rings. The fourth-order valence-corrected chi connectivity index (χ4v) is 25.2. The summed E-state index contributed by atoms with van der Waals surface area (Å²) >= 11 is 3.80. The van der Waals surface area contributed by atoms with Gasteiger partial charge in [-0.1, -0.05) is 234 Å². The molecule has 10 heterocycles. The monoisotopic (exact) mass is 1710 g/mol. The number of aryl methyl sites for hydroxylation is 2. The molecule has 16 aromatic carbocycles. The Balaban J connectivity index is 0.599. The number of fused-ring (bicyclic) bond motifs is 24. The highest BCUT2D eigenvalue weighted by Crippen LogP contribution is 2.54. The number of para-hydroxylation sites is 4. The molecule has 626 valence electrons. The summed E-state index contributed by atoms with van der Waals surface area (Å²) in [5.41, 5.74) is 40.6. The molecule has 0 aliphatic carbocycles. The third-order valence-electron chi connectivity index (χ3n) is 29.0. The van der Waals surface area contributed by atoms with Gasteiger partial charge in [0.25, 0.3) is 13.4 Å². The largest absolute Gasteiger partial charge is 0.454 e. The number of nitrogens with zero attached hydrogens (tertiary/aromatic N) is 6. The maximum Gasteiger partial charge on any atom is 0.252 e. The van der Waals surface area contributed by atoms with Gasteiger partial charge in [0.15, 0.2) is 11.2 Å². The van der Waals surface area contributed by atoms with E-state index in [1.165, 1.54) is 152 Å². The van der Waals surface area contributed by atoms with Gasteiger partial charge >= 0.3 is 0 Å². The van der Waals surface area contributed by atoms with Crippen LogP contribution in [0.1, 0.15) is 115 Å². The molecular weight excluding hydrogens is 1620 g/mol. The molecule has 0 N–H and O–H groups in total. The molecule has 0 atom stereocenters. The van der Waals surface area contributed by atoms with E-state index in [-0.39, 0.29) is 35.1 Å². The topological polar surface area (TPSA) is 49.1 Å². The summed E-state index contributed by atoms with van der Waals surface area (Å²) in [5.74, 6) is 0. The van der Waals surface area contributed by atoms with Crippen LogP contribution >= 0.6 is 22.7 Å². The van der Waals surface area contributed by atoms with Crippen molar-refractivity contribution in [1.29, 1.82) is 0 Å². The molecule has 12 heteroatoms. The average molecular weight is 1710 g/mol. The number of furan rings is 2. The highest BCUT2D eigenvalue weighted by molar-refractivity contribution is 7.26. The van der Waals surface area contributed by atoms with Gasteiger partial charge in [-0.05, 0) is 277 Å². The van der Waals surface area contributed by atoms with E-state index in [1.807, 2.05) is 22.7 Å². The van der Waals surface area contributed by atoms with Gasteiger partial charge in [-0.15, -0.1) is 22.7 Å². The first-order chi connectivity index (χ1) is 62.9. The van der Waals surface area contributed by atoms with Crippen LogP contribution in [0.25, 0.3) is 118 Å². The van der Waals surface area contributed by atoms with Crippen molar-refractivity contribution in [3.05, 3.63) is 360 Å². The Kier molecular flexibility index (Phi) is 16.3. The summed E-state index contributed by atoms with van der Waals surface area (Å²) in [5, 5.41) is 9.57. The summed E-state index contributed by atoms with van der Waals surface area (Å²) < 4.78 is 24.0. The minimum Gasteiger partial charge on any atom is -0.454 e. The molecule has 0 unspecified atom stereocenters. The Morgan fingerprint density at radius 2 is 0.700 bits per heavy atom. The second-order valence-electron chi connectivity index (χ2n) is 40.7. The van der Waals surface area contributed by atoms with Crippen molar-refractivity contribution in [3.8, 4) is 11.4 Å². The van der Waals surface area contributed by atoms with Crippen LogP contribution < -0.4 is 52.4 Å². The highest BCUT2D eigenvalue weighted by atomic mass is 32.1. The van der Waals surface area contributed by atoms with Crippen LogP contribution in [-0.2, 0) is 28.1 Å². The van der Waals surface area contributed by atoms with Crippen LogP contribution in [0.15, 0.2) is 330 Å². The fraction of sp³-hybridized carbons (Fsp3) is 0.153. The molecule has 130 heavy (non-hydrogen) atoms. The molecule has 0 spiro atoms. The summed E-state index contributed by atoms with van der Waals surface area (Å²) in [6.45, 7) is 30.0. The highest BCUT2D eigenvalue weighted by Gasteiger charge is 2.47. The van der Waals surface area contributed by atoms with E-state index in [9.17, 15) is 0 Å². The van der Waals surface area contributed by atoms with E-state index in [0.717, 1.165) is 113 Å². The Labute approximate surface area is 765 Å². The number of anilines is 12. The van der Waals surface area contributed by atoms with Gasteiger partial charge in [0.1, 0.15) is 22.2 Å². The Bertz CT molecular complexity index is 8550. The van der Waals surface area contributed by atoms with Crippen molar-refractivity contribution in [2.45, 2.75) is 118 Å². The molecule has 4 aliphatic heterocycles. The first-order valence-electron chi connectivity index (χ1n) is 45.9. The lowest BCUT2D eigenvalue weighted by atomic mass is 9.33. The quantitative estimate of drug-likeness (QED) is 0.120. The molecule has 0 radical (unpaired) electrons. The van der Waals surface area contributed by atoms with Gasteiger partial charge in [0.2, 0.25) is 0 Å². The van der Waals surface area contributed by atoms with Gasteiger partial charge in [-0.3, -0.25) is 0 Å². The first-order valence-corrected chi connectivity index (χ1v) is 47.5. The predicted molar refractivity (Wildman–Crippen MR) is 557 cm³/mol. The predicted octanol–water partition coefficient (Wildman–Crippen LogP) is 29.3. The molecule has 26 rings (SSSR count). The Morgan fingerprint density at radius 3 is 1.20 bits per heavy atom. The average Bonchev–Trinajstić information content (AvgIpc) is 1.34. The minimum atomic E-state index is -0.263. The minimum absolute atomic E-state index is 0.0115. The maximum absolute atomic E-state index is 6.96. The van der Waals surface area contributed by atoms with Crippen molar-refractivity contribution in [2.24, 2.45) is 0 Å². The zero-order valence-corrected chi connectivity index (χ0v) is 76.9. The van der Waals surface area contributed by atoms with Gasteiger partial charge in [-0.25, -0.2) is 0 Å². The van der Waals surface area contributed by atoms with Crippen LogP contribution in [0.2, 0.25) is 0 Å². The number of rotatable bonds is 11. The van der Waals surface area contributed by atoms with Crippen LogP contribution in [0.5, 0.6) is 0 Å². The summed E-state index contributed by atoms with van der Waals surface area (Å²) in [4.78, 5) is 10.2. The van der Waals surface area contributed by atoms with E-state index in [2.05, 4.69) is 440 Å². The van der Waals surface area contributed by atoms with Crippen LogP contribution in [0.4, 0.5) is 68.2 Å². The molecule has 8 nitrogen and oxygen atoms in total. The molecular formula is C118H94B2N6O2S2. The SMILES string of the molecule is Cc1cc2c3c(c1)-n1c4c(cccc4c4oc5ccccc5c41)B3c1ccc(N(c3ccc(C(C)(C)C)cc3)c3ccc(C(C)(C)Cc4ccc5c(c4)sc4cccc(N6c7cc(N(c8ccc(C(C)(C)C)cc8)c8ccc(C(C)(C)C)cc8)ccc7B7c8c6cc(C)cc8-n6c8c7cccc8c7oc8ccccc8c76)c45)cc3)cc1N2c1cccc2c1sc1ccccc12. The van der Waals surface area contributed by atoms with Gasteiger partial charge in [0.05, 0.1) is 27.1 Å². The molecule has 0 saturated carbocycles. The van der Waals surface area contributed by atoms with Crippen molar-refractivity contribution >= 4 is 243 Å². The standard InChI is InChI=1S/C118H94B2N6O2S2/c1-68-60-96-106-98(62-68)125-108-86(112-110(125)83-25-14-17-34-100(83)127-112)28-20-30-90(108)119(106)88-58-55-79(121(75-47-39-71(40-48-75)115(3,4)5)76-49-41-72(42-50-76)116(6,7)8)65-94(88)123(96)92-32-23-37-103-105(92)85-57-38-70(64-104(85)129-103)67-118(12,13)74-45-53-78(54-46-74)122(77-51-43-73(44-52-77)117(9,10)11)80-56-59-89-95(66-80)124(93-33-22-27-82-81-24-16-19-36-102(81)130-114(82)93)97-61-69(2)63-99-107(97)120(89)91-31-21-29-87-109(91)126(99)111-84-26-15-18-35-101(84)128-113(87)111/h14-66H,67H2,1-13H3. The molecule has 6 aromatic heterocycles. The van der Waals surface area contributed by atoms with Crippen molar-refractivity contribution in [1.82, 2.24) is 9.13 Å². The molecule has 22 aromatic rings. The van der Waals surface area contributed by atoms with E-state index < -0.39 is 0 Å². The van der Waals surface area contributed by atoms with Crippen molar-refractivity contribution < 1.29 is 8.83 Å². The maximum atomic E-state index is 6.96. The number of aromatic nitrogens is 2. The van der Waals surface area contributed by atoms with Gasteiger partial charge < -0.3 is 37.6 Å². The number of hydrogen-bond acceptors (Lipinski definition) is 8. The first kappa shape index (κ1) is 77.1. The molecule has 0 amide bonds. The van der Waals surface area contributed by atoms with E-state index >= 15 is 0 Å². The second kappa shape index (κ2) is 27.5. The number of thiophene rings is 2. The Hall–Kier alpha value is -14.0. The van der Waals surface area contributed by atoms with E-state index in [1.54, 1.807) is 0 Å². The lowest BCUT2D eigenvalue weighted by Crippen LogP contribution is -2.60. The Morgan fingerprint density at radius 1 is 0.292 bits per heavy atom. The van der Waals surface area contributed by atoms with E-state index in [0.29, 0.717) is 0 Å². The lowest BCUT2D eigenvalue weighted by molar-refractivity contribution is 0.523. The normalized spacial score (nSPS) is 13.5. The molecule has 0 fully saturated rings. The number of benzene rings is 16. The second-order valence-corrected chi connectivity index (χ2v) is 42.8. The van der Waals surface area contributed by atoms with Gasteiger partial charge in [-0.2, -0.15) is 0 Å². The summed E-state index contributed by atoms with van der Waals surface area (Å²) in [6.07, 6.45) is 0.834. The molecule has 0 saturated heterocycles. The van der Waals surface area contributed by atoms with Crippen LogP contribution in [-0.4, -0.2) is 22.6 Å². The third-order valence-corrected chi connectivity index (χ3v) is 31.3. The fourth-order valence-electron chi connectivity index (χ4n) is 22.8. The smallest absolute Gasteiger partial charge is 0.252 e. The van der Waals surface area contributed by atoms with Crippen LogP contribution in [0.3, 0.4) is 0 Å². The van der Waals surface area contributed by atoms with Gasteiger partial charge in [0, 0.05) is 125 Å². The molecule has 0 bridgehead atoms. The van der Waals surface area contributed by atoms with Crippen LogP contribution in [0, 0.1) is 13.8 Å². The van der Waals surface area contributed by atoms with Crippen molar-refractivity contribution in [2.75, 3.05) is 19.6 Å². The number of hydrogen-bond donors (Lipinski definition) is 0. The lowest BCUT2D eigenvalue weighted by Gasteiger charge is -2.41. The summed E-state index contributed by atoms with van der Waals surface area (Å²) in [6, 6.07) is 123. The van der Waals surface area contributed by atoms with E-state index in [4.69, 9.17) is 8.83 Å². The zero-order valence-electron chi connectivity index (χ0n) is 75.3. The zero-order chi connectivity index (χ0) is 87.8. The third kappa shape index (κ3) is 11.3. The van der Waals surface area contributed by atoms with Crippen molar-refractivity contribution in [3.63, 3.8) is 0 Å². The summed E-state index contributed by atoms with van der Waals surface area (Å²) in [7, 11) is 0.